The van der Waals surface area contributed by atoms with Gasteiger partial charge >= 0.3 is 0 Å². The van der Waals surface area contributed by atoms with Crippen LogP contribution < -0.4 is 10.3 Å². The molecule has 0 saturated heterocycles. The van der Waals surface area contributed by atoms with E-state index in [-0.39, 0.29) is 29.8 Å². The van der Waals surface area contributed by atoms with E-state index in [0.29, 0.717) is 36.0 Å². The third-order valence-corrected chi connectivity index (χ3v) is 7.96. The molecule has 0 radical (unpaired) electrons. The number of aromatic nitrogens is 2. The van der Waals surface area contributed by atoms with E-state index in [4.69, 9.17) is 21.3 Å². The number of carbonyl (C=O) groups is 1. The molecule has 0 spiro atoms. The number of hydrogen-bond donors (Lipinski definition) is 1. The van der Waals surface area contributed by atoms with Gasteiger partial charge < -0.3 is 14.6 Å². The quantitative estimate of drug-likeness (QED) is 0.332. The van der Waals surface area contributed by atoms with Crippen molar-refractivity contribution >= 4 is 17.5 Å². The number of fused-ring (bicyclic) bond motifs is 1. The number of halogens is 1. The molecule has 4 aromatic rings. The highest BCUT2D eigenvalue weighted by atomic mass is 35.5. The minimum atomic E-state index is -0.283. The number of hydrogen-bond acceptors (Lipinski definition) is 4. The first-order valence-electron chi connectivity index (χ1n) is 13.4. The van der Waals surface area contributed by atoms with Gasteiger partial charge in [-0.05, 0) is 66.6 Å². The lowest BCUT2D eigenvalue weighted by Crippen LogP contribution is -2.34. The maximum absolute atomic E-state index is 13.3. The second-order valence-electron chi connectivity index (χ2n) is 10.4. The number of ether oxygens (including phenoxy) is 1. The number of H-pyrrole nitrogens is 1. The van der Waals surface area contributed by atoms with Gasteiger partial charge in [-0.25, -0.2) is 4.98 Å². The minimum Gasteiger partial charge on any atom is -0.489 e. The standard InChI is InChI=1S/C32H30ClN3O3/c33-25-11-5-10-24(19-25)32(14-15-32)31-34-28-13-6-16-36(20-27(28)30(38)35-31)29(37)18-23-9-4-12-26(17-23)39-21-22-7-2-1-3-8-22/h1-5,7-12,17,19H,6,13-16,18,20-21H2,(H,34,35,38). The number of rotatable bonds is 7. The summed E-state index contributed by atoms with van der Waals surface area (Å²) in [7, 11) is 0. The Labute approximate surface area is 232 Å². The van der Waals surface area contributed by atoms with Crippen molar-refractivity contribution in [2.45, 2.75) is 50.7 Å². The normalized spacial score (nSPS) is 15.8. The van der Waals surface area contributed by atoms with E-state index in [0.717, 1.165) is 47.4 Å². The van der Waals surface area contributed by atoms with Gasteiger partial charge in [0.15, 0.2) is 0 Å². The Morgan fingerprint density at radius 3 is 2.59 bits per heavy atom. The van der Waals surface area contributed by atoms with Crippen molar-refractivity contribution in [3.05, 3.63) is 128 Å². The molecule has 7 heteroatoms. The van der Waals surface area contributed by atoms with Gasteiger partial charge in [0, 0.05) is 11.6 Å². The van der Waals surface area contributed by atoms with Gasteiger partial charge in [0.25, 0.3) is 5.56 Å². The molecule has 1 fully saturated rings. The molecular weight excluding hydrogens is 510 g/mol. The maximum atomic E-state index is 13.3. The topological polar surface area (TPSA) is 75.3 Å². The molecule has 6 rings (SSSR count). The van der Waals surface area contributed by atoms with E-state index in [1.54, 1.807) is 4.90 Å². The van der Waals surface area contributed by atoms with Gasteiger partial charge in [0.2, 0.25) is 5.91 Å². The number of carbonyl (C=O) groups excluding carboxylic acids is 1. The number of aromatic amines is 1. The van der Waals surface area contributed by atoms with Crippen molar-refractivity contribution in [2.24, 2.45) is 0 Å². The minimum absolute atomic E-state index is 0.0101. The fraction of sp³-hybridized carbons (Fsp3) is 0.281. The van der Waals surface area contributed by atoms with Crippen LogP contribution in [0, 0.1) is 0 Å². The zero-order valence-electron chi connectivity index (χ0n) is 21.7. The third-order valence-electron chi connectivity index (χ3n) is 7.73. The second-order valence-corrected chi connectivity index (χ2v) is 10.9. The van der Waals surface area contributed by atoms with Crippen LogP contribution in [-0.2, 0) is 36.2 Å². The zero-order chi connectivity index (χ0) is 26.8. The number of nitrogens with one attached hydrogen (secondary N) is 1. The summed E-state index contributed by atoms with van der Waals surface area (Å²) >= 11 is 6.25. The van der Waals surface area contributed by atoms with Gasteiger partial charge in [-0.3, -0.25) is 9.59 Å². The molecule has 1 aromatic heterocycles. The predicted octanol–water partition coefficient (Wildman–Crippen LogP) is 5.60. The average molecular weight is 540 g/mol. The van der Waals surface area contributed by atoms with Crippen LogP contribution in [0.4, 0.5) is 0 Å². The van der Waals surface area contributed by atoms with Crippen molar-refractivity contribution in [3.63, 3.8) is 0 Å². The first kappa shape index (κ1) is 25.4. The van der Waals surface area contributed by atoms with Crippen molar-refractivity contribution in [1.82, 2.24) is 14.9 Å². The Kier molecular flexibility index (Phi) is 6.96. The Balaban J connectivity index is 1.16. The van der Waals surface area contributed by atoms with Gasteiger partial charge in [-0.2, -0.15) is 0 Å². The monoisotopic (exact) mass is 539 g/mol. The van der Waals surface area contributed by atoms with Gasteiger partial charge in [0.1, 0.15) is 18.2 Å². The van der Waals surface area contributed by atoms with Crippen molar-refractivity contribution in [1.29, 1.82) is 0 Å². The van der Waals surface area contributed by atoms with Gasteiger partial charge in [-0.1, -0.05) is 66.2 Å². The molecule has 0 atom stereocenters. The van der Waals surface area contributed by atoms with Crippen LogP contribution in [0.1, 0.15) is 53.0 Å². The maximum Gasteiger partial charge on any atom is 0.256 e. The highest BCUT2D eigenvalue weighted by Crippen LogP contribution is 2.52. The Hall–Kier alpha value is -3.90. The predicted molar refractivity (Wildman–Crippen MR) is 151 cm³/mol. The fourth-order valence-corrected chi connectivity index (χ4v) is 5.60. The van der Waals surface area contributed by atoms with Crippen LogP contribution in [0.2, 0.25) is 5.02 Å². The van der Waals surface area contributed by atoms with E-state index in [1.807, 2.05) is 78.9 Å². The summed E-state index contributed by atoms with van der Waals surface area (Å²) in [5, 5.41) is 0.679. The molecule has 1 aliphatic carbocycles. The van der Waals surface area contributed by atoms with Crippen LogP contribution in [0.3, 0.4) is 0 Å². The first-order valence-corrected chi connectivity index (χ1v) is 13.8. The van der Waals surface area contributed by atoms with Crippen molar-refractivity contribution < 1.29 is 9.53 Å². The van der Waals surface area contributed by atoms with Gasteiger partial charge in [-0.15, -0.1) is 0 Å². The van der Waals surface area contributed by atoms with Crippen molar-refractivity contribution in [3.8, 4) is 5.75 Å². The molecule has 0 unspecified atom stereocenters. The lowest BCUT2D eigenvalue weighted by molar-refractivity contribution is -0.131. The zero-order valence-corrected chi connectivity index (χ0v) is 22.4. The lowest BCUT2D eigenvalue weighted by atomic mass is 9.94. The molecule has 1 saturated carbocycles. The third kappa shape index (κ3) is 5.48. The Morgan fingerprint density at radius 1 is 1.00 bits per heavy atom. The highest BCUT2D eigenvalue weighted by molar-refractivity contribution is 6.30. The SMILES string of the molecule is O=C(Cc1cccc(OCc2ccccc2)c1)N1CCCc2nc(C3(c4cccc(Cl)c4)CC3)[nH]c(=O)c2C1. The Bertz CT molecular complexity index is 1560. The average Bonchev–Trinajstić information content (AvgIpc) is 3.77. The number of aryl methyl sites for hydroxylation is 1. The number of amides is 1. The molecular formula is C32H30ClN3O3. The van der Waals surface area contributed by atoms with Crippen LogP contribution in [-0.4, -0.2) is 27.3 Å². The summed E-state index contributed by atoms with van der Waals surface area (Å²) in [5.41, 5.74) is 4.01. The number of nitrogens with zero attached hydrogens (tertiary/aromatic N) is 2. The molecule has 3 aromatic carbocycles. The van der Waals surface area contributed by atoms with E-state index < -0.39 is 0 Å². The summed E-state index contributed by atoms with van der Waals surface area (Å²) in [5.74, 6) is 1.43. The molecule has 39 heavy (non-hydrogen) atoms. The smallest absolute Gasteiger partial charge is 0.256 e. The van der Waals surface area contributed by atoms with Crippen LogP contribution >= 0.6 is 11.6 Å². The highest BCUT2D eigenvalue weighted by Gasteiger charge is 2.48. The van der Waals surface area contributed by atoms with Crippen LogP contribution in [0.15, 0.2) is 83.7 Å². The summed E-state index contributed by atoms with van der Waals surface area (Å²) < 4.78 is 5.94. The second kappa shape index (κ2) is 10.7. The first-order chi connectivity index (χ1) is 19.0. The fourth-order valence-electron chi connectivity index (χ4n) is 5.41. The summed E-state index contributed by atoms with van der Waals surface area (Å²) in [4.78, 5) is 36.4. The molecule has 198 valence electrons. The summed E-state index contributed by atoms with van der Waals surface area (Å²) in [6.07, 6.45) is 3.53. The summed E-state index contributed by atoms with van der Waals surface area (Å²) in [6.45, 7) is 1.33. The molecule has 0 bridgehead atoms. The number of benzene rings is 3. The van der Waals surface area contributed by atoms with Crippen LogP contribution in [0.25, 0.3) is 0 Å². The molecule has 6 nitrogen and oxygen atoms in total. The Morgan fingerprint density at radius 2 is 1.79 bits per heavy atom. The van der Waals surface area contributed by atoms with Crippen molar-refractivity contribution in [2.75, 3.05) is 6.54 Å². The molecule has 1 amide bonds. The molecule has 2 heterocycles. The molecule has 1 aliphatic heterocycles. The van der Waals surface area contributed by atoms with E-state index >= 15 is 0 Å². The summed E-state index contributed by atoms with van der Waals surface area (Å²) in [6, 6.07) is 25.4. The largest absolute Gasteiger partial charge is 0.489 e. The molecule has 1 N–H and O–H groups in total. The van der Waals surface area contributed by atoms with Crippen LogP contribution in [0.5, 0.6) is 5.75 Å². The van der Waals surface area contributed by atoms with Gasteiger partial charge in [0.05, 0.1) is 29.6 Å². The lowest BCUT2D eigenvalue weighted by Gasteiger charge is -2.21. The molecule has 2 aliphatic rings. The van der Waals surface area contributed by atoms with E-state index in [9.17, 15) is 9.59 Å². The van der Waals surface area contributed by atoms with E-state index in [1.165, 1.54) is 0 Å². The van der Waals surface area contributed by atoms with E-state index in [2.05, 4.69) is 4.98 Å².